The van der Waals surface area contributed by atoms with E-state index in [9.17, 15) is 5.11 Å². The molecular formula is C12H19NO3S. The lowest BCUT2D eigenvalue weighted by Gasteiger charge is -2.40. The van der Waals surface area contributed by atoms with Crippen LogP contribution in [0.15, 0.2) is 11.6 Å². The molecule has 2 rings (SSSR count). The molecule has 0 bridgehead atoms. The van der Waals surface area contributed by atoms with Crippen molar-refractivity contribution in [3.05, 3.63) is 16.6 Å². The summed E-state index contributed by atoms with van der Waals surface area (Å²) in [6.45, 7) is 3.91. The summed E-state index contributed by atoms with van der Waals surface area (Å²) in [5, 5.41) is 13.3. The van der Waals surface area contributed by atoms with Crippen LogP contribution in [0, 0.1) is 0 Å². The summed E-state index contributed by atoms with van der Waals surface area (Å²) in [7, 11) is 0. The molecule has 1 saturated heterocycles. The topological polar surface area (TPSA) is 51.6 Å². The van der Waals surface area contributed by atoms with Crippen molar-refractivity contribution in [2.45, 2.75) is 37.9 Å². The van der Waals surface area contributed by atoms with Crippen LogP contribution in [0.2, 0.25) is 0 Å². The van der Waals surface area contributed by atoms with E-state index in [1.165, 1.54) is 0 Å². The number of rotatable bonds is 5. The first kappa shape index (κ1) is 13.0. The van der Waals surface area contributed by atoms with Gasteiger partial charge in [-0.2, -0.15) is 0 Å². The van der Waals surface area contributed by atoms with Crippen LogP contribution in [0.25, 0.3) is 0 Å². The van der Waals surface area contributed by atoms with Gasteiger partial charge in [0, 0.05) is 50.7 Å². The maximum Gasteiger partial charge on any atom is 0.0987 e. The van der Waals surface area contributed by atoms with Gasteiger partial charge in [-0.15, -0.1) is 11.3 Å². The Morgan fingerprint density at radius 1 is 1.59 bits per heavy atom. The SMILES string of the molecule is CCOC1(C(O)Cc2nccs2)CCOCC1. The maximum absolute atomic E-state index is 10.4. The molecule has 5 heteroatoms. The Labute approximate surface area is 106 Å². The molecule has 4 nitrogen and oxygen atoms in total. The van der Waals surface area contributed by atoms with Crippen LogP contribution >= 0.6 is 11.3 Å². The molecule has 1 atom stereocenters. The van der Waals surface area contributed by atoms with Crippen LogP contribution in [-0.2, 0) is 15.9 Å². The van der Waals surface area contributed by atoms with E-state index in [0.717, 1.165) is 17.8 Å². The molecule has 0 aliphatic carbocycles. The Morgan fingerprint density at radius 3 is 2.94 bits per heavy atom. The van der Waals surface area contributed by atoms with Crippen LogP contribution in [0.5, 0.6) is 0 Å². The van der Waals surface area contributed by atoms with E-state index < -0.39 is 11.7 Å². The van der Waals surface area contributed by atoms with E-state index in [0.29, 0.717) is 26.2 Å². The molecule has 1 unspecified atom stereocenters. The Bertz CT molecular complexity index is 317. The minimum atomic E-state index is -0.502. The first-order valence-corrected chi connectivity index (χ1v) is 6.93. The van der Waals surface area contributed by atoms with Crippen molar-refractivity contribution in [2.24, 2.45) is 0 Å². The van der Waals surface area contributed by atoms with Gasteiger partial charge in [0.2, 0.25) is 0 Å². The third-order valence-electron chi connectivity index (χ3n) is 3.23. The average molecular weight is 257 g/mol. The summed E-state index contributed by atoms with van der Waals surface area (Å²) in [4.78, 5) is 4.21. The van der Waals surface area contributed by atoms with Gasteiger partial charge in [0.25, 0.3) is 0 Å². The number of hydrogen-bond acceptors (Lipinski definition) is 5. The zero-order chi connectivity index (χ0) is 12.1. The average Bonchev–Trinajstić information content (AvgIpc) is 2.83. The van der Waals surface area contributed by atoms with E-state index in [-0.39, 0.29) is 0 Å². The van der Waals surface area contributed by atoms with Crippen LogP contribution in [0.1, 0.15) is 24.8 Å². The fraction of sp³-hybridized carbons (Fsp3) is 0.750. The van der Waals surface area contributed by atoms with Crippen molar-refractivity contribution in [3.63, 3.8) is 0 Å². The predicted octanol–water partition coefficient (Wildman–Crippen LogP) is 1.63. The molecule has 0 radical (unpaired) electrons. The minimum Gasteiger partial charge on any atom is -0.390 e. The number of aliphatic hydroxyl groups is 1. The van der Waals surface area contributed by atoms with Crippen LogP contribution in [0.4, 0.5) is 0 Å². The summed E-state index contributed by atoms with van der Waals surface area (Å²) < 4.78 is 11.2. The number of ether oxygens (including phenoxy) is 2. The summed E-state index contributed by atoms with van der Waals surface area (Å²) in [5.41, 5.74) is -0.446. The van der Waals surface area contributed by atoms with Gasteiger partial charge in [-0.1, -0.05) is 0 Å². The lowest BCUT2D eigenvalue weighted by molar-refractivity contribution is -0.165. The number of aliphatic hydroxyl groups excluding tert-OH is 1. The summed E-state index contributed by atoms with van der Waals surface area (Å²) in [6.07, 6.45) is 3.35. The Hall–Kier alpha value is -0.490. The Balaban J connectivity index is 2.03. The second-order valence-corrected chi connectivity index (χ2v) is 5.24. The number of hydrogen-bond donors (Lipinski definition) is 1. The fourth-order valence-electron chi connectivity index (χ4n) is 2.28. The minimum absolute atomic E-state index is 0.446. The van der Waals surface area contributed by atoms with Gasteiger partial charge in [0.05, 0.1) is 16.7 Å². The van der Waals surface area contributed by atoms with E-state index in [1.54, 1.807) is 17.5 Å². The van der Waals surface area contributed by atoms with Crippen molar-refractivity contribution in [3.8, 4) is 0 Å². The lowest BCUT2D eigenvalue weighted by atomic mass is 9.86. The van der Waals surface area contributed by atoms with E-state index in [2.05, 4.69) is 4.98 Å². The van der Waals surface area contributed by atoms with Gasteiger partial charge < -0.3 is 14.6 Å². The molecule has 0 spiro atoms. The van der Waals surface area contributed by atoms with Crippen molar-refractivity contribution in [2.75, 3.05) is 19.8 Å². The third kappa shape index (κ3) is 3.04. The number of aromatic nitrogens is 1. The molecule has 0 saturated carbocycles. The molecule has 1 N–H and O–H groups in total. The first-order valence-electron chi connectivity index (χ1n) is 6.05. The van der Waals surface area contributed by atoms with Crippen molar-refractivity contribution < 1.29 is 14.6 Å². The highest BCUT2D eigenvalue weighted by molar-refractivity contribution is 7.09. The quantitative estimate of drug-likeness (QED) is 0.871. The van der Waals surface area contributed by atoms with Crippen molar-refractivity contribution >= 4 is 11.3 Å². The molecule has 1 aliphatic heterocycles. The monoisotopic (exact) mass is 257 g/mol. The van der Waals surface area contributed by atoms with Gasteiger partial charge >= 0.3 is 0 Å². The summed E-state index contributed by atoms with van der Waals surface area (Å²) in [6, 6.07) is 0. The standard InChI is InChI=1S/C12H19NO3S/c1-2-16-12(3-6-15-7-4-12)10(14)9-11-13-5-8-17-11/h5,8,10,14H,2-4,6-7,9H2,1H3. The van der Waals surface area contributed by atoms with Crippen LogP contribution in [-0.4, -0.2) is 41.6 Å². The summed E-state index contributed by atoms with van der Waals surface area (Å²) in [5.74, 6) is 0. The largest absolute Gasteiger partial charge is 0.390 e. The third-order valence-corrected chi connectivity index (χ3v) is 4.03. The highest BCUT2D eigenvalue weighted by Gasteiger charge is 2.40. The van der Waals surface area contributed by atoms with E-state index >= 15 is 0 Å². The molecule has 1 fully saturated rings. The second kappa shape index (κ2) is 5.91. The maximum atomic E-state index is 10.4. The smallest absolute Gasteiger partial charge is 0.0987 e. The number of thiazole rings is 1. The van der Waals surface area contributed by atoms with E-state index in [1.807, 2.05) is 12.3 Å². The Kier molecular flexibility index (Phi) is 4.50. The fourth-order valence-corrected chi connectivity index (χ4v) is 2.94. The first-order chi connectivity index (χ1) is 8.27. The van der Waals surface area contributed by atoms with Gasteiger partial charge in [-0.3, -0.25) is 0 Å². The molecule has 17 heavy (non-hydrogen) atoms. The highest BCUT2D eigenvalue weighted by Crippen LogP contribution is 2.31. The zero-order valence-corrected chi connectivity index (χ0v) is 10.9. The molecule has 96 valence electrons. The van der Waals surface area contributed by atoms with Gasteiger partial charge in [0.15, 0.2) is 0 Å². The molecule has 0 amide bonds. The van der Waals surface area contributed by atoms with Crippen LogP contribution < -0.4 is 0 Å². The molecule has 2 heterocycles. The number of nitrogens with zero attached hydrogens (tertiary/aromatic N) is 1. The van der Waals surface area contributed by atoms with E-state index in [4.69, 9.17) is 9.47 Å². The zero-order valence-electron chi connectivity index (χ0n) is 10.1. The van der Waals surface area contributed by atoms with Crippen molar-refractivity contribution in [1.82, 2.24) is 4.98 Å². The molecule has 0 aromatic carbocycles. The normalized spacial score (nSPS) is 21.3. The van der Waals surface area contributed by atoms with Gasteiger partial charge in [-0.05, 0) is 6.92 Å². The molecule has 1 aromatic rings. The lowest BCUT2D eigenvalue weighted by Crippen LogP contribution is -2.50. The highest BCUT2D eigenvalue weighted by atomic mass is 32.1. The van der Waals surface area contributed by atoms with Crippen molar-refractivity contribution in [1.29, 1.82) is 0 Å². The second-order valence-electron chi connectivity index (χ2n) is 4.26. The van der Waals surface area contributed by atoms with Gasteiger partial charge in [-0.25, -0.2) is 4.98 Å². The molecule has 1 aromatic heterocycles. The van der Waals surface area contributed by atoms with Gasteiger partial charge in [0.1, 0.15) is 0 Å². The van der Waals surface area contributed by atoms with Crippen LogP contribution in [0.3, 0.4) is 0 Å². The predicted molar refractivity (Wildman–Crippen MR) is 66.2 cm³/mol. The summed E-state index contributed by atoms with van der Waals surface area (Å²) >= 11 is 1.57. The Morgan fingerprint density at radius 2 is 2.35 bits per heavy atom. The molecular weight excluding hydrogens is 238 g/mol. The molecule has 1 aliphatic rings.